The summed E-state index contributed by atoms with van der Waals surface area (Å²) in [6.45, 7) is 0. The van der Waals surface area contributed by atoms with Gasteiger partial charge in [-0.2, -0.15) is 0 Å². The highest BCUT2D eigenvalue weighted by Crippen LogP contribution is 2.18. The van der Waals surface area contributed by atoms with Crippen LogP contribution in [0.3, 0.4) is 0 Å². The minimum atomic E-state index is -0.780. The van der Waals surface area contributed by atoms with Crippen LogP contribution in [0.1, 0.15) is 10.5 Å². The van der Waals surface area contributed by atoms with Crippen molar-refractivity contribution in [3.63, 3.8) is 0 Å². The highest BCUT2D eigenvalue weighted by Gasteiger charge is 2.11. The number of halogens is 2. The van der Waals surface area contributed by atoms with Gasteiger partial charge in [0.25, 0.3) is 5.91 Å². The van der Waals surface area contributed by atoms with Crippen LogP contribution >= 0.6 is 0 Å². The summed E-state index contributed by atoms with van der Waals surface area (Å²) in [5, 5.41) is 5.30. The topological polar surface area (TPSA) is 66.9 Å². The molecule has 0 unspecified atom stereocenters. The summed E-state index contributed by atoms with van der Waals surface area (Å²) >= 11 is 0. The average molecular weight is 326 g/mol. The third kappa shape index (κ3) is 3.70. The number of hydrogen-bond acceptors (Lipinski definition) is 4. The van der Waals surface area contributed by atoms with Gasteiger partial charge >= 0.3 is 0 Å². The lowest BCUT2D eigenvalue weighted by molar-refractivity contribution is 0.102. The van der Waals surface area contributed by atoms with Gasteiger partial charge in [0, 0.05) is 18.0 Å². The van der Waals surface area contributed by atoms with Gasteiger partial charge in [-0.3, -0.25) is 4.79 Å². The fraction of sp³-hybridized carbons (Fsp3) is 0. The lowest BCUT2D eigenvalue weighted by Gasteiger charge is -2.08. The van der Waals surface area contributed by atoms with Crippen LogP contribution in [-0.2, 0) is 0 Å². The Morgan fingerprint density at radius 3 is 2.54 bits per heavy atom. The molecular formula is C17H12F2N4O. The zero-order valence-electron chi connectivity index (χ0n) is 12.3. The number of rotatable bonds is 4. The van der Waals surface area contributed by atoms with Crippen LogP contribution in [0.2, 0.25) is 0 Å². The number of aromatic nitrogens is 2. The number of nitrogens with zero attached hydrogens (tertiary/aromatic N) is 2. The van der Waals surface area contributed by atoms with Crippen molar-refractivity contribution in [1.82, 2.24) is 9.97 Å². The molecule has 7 heteroatoms. The van der Waals surface area contributed by atoms with E-state index in [1.165, 1.54) is 18.3 Å². The van der Waals surface area contributed by atoms with E-state index in [4.69, 9.17) is 0 Å². The molecule has 0 radical (unpaired) electrons. The molecule has 1 heterocycles. The molecule has 5 nitrogen and oxygen atoms in total. The van der Waals surface area contributed by atoms with E-state index in [-0.39, 0.29) is 17.3 Å². The smallest absolute Gasteiger partial charge is 0.274 e. The van der Waals surface area contributed by atoms with E-state index in [9.17, 15) is 13.6 Å². The highest BCUT2D eigenvalue weighted by atomic mass is 19.1. The Labute approximate surface area is 136 Å². The predicted molar refractivity (Wildman–Crippen MR) is 86.1 cm³/mol. The van der Waals surface area contributed by atoms with Gasteiger partial charge in [0.05, 0.1) is 5.69 Å². The van der Waals surface area contributed by atoms with Crippen LogP contribution in [0.25, 0.3) is 0 Å². The fourth-order valence-electron chi connectivity index (χ4n) is 1.97. The van der Waals surface area contributed by atoms with E-state index in [1.54, 1.807) is 24.3 Å². The molecule has 0 saturated carbocycles. The number of benzene rings is 2. The highest BCUT2D eigenvalue weighted by molar-refractivity contribution is 6.02. The lowest BCUT2D eigenvalue weighted by Crippen LogP contribution is -2.14. The molecule has 0 saturated heterocycles. The number of para-hydroxylation sites is 1. The third-order valence-corrected chi connectivity index (χ3v) is 3.10. The number of anilines is 3. The van der Waals surface area contributed by atoms with Crippen LogP contribution < -0.4 is 10.6 Å². The van der Waals surface area contributed by atoms with E-state index >= 15 is 0 Å². The van der Waals surface area contributed by atoms with E-state index < -0.39 is 17.5 Å². The molecule has 0 bridgehead atoms. The number of nitrogens with one attached hydrogen (secondary N) is 2. The summed E-state index contributed by atoms with van der Waals surface area (Å²) in [6.07, 6.45) is 1.37. The molecule has 0 aliphatic carbocycles. The van der Waals surface area contributed by atoms with Crippen molar-refractivity contribution in [1.29, 1.82) is 0 Å². The van der Waals surface area contributed by atoms with E-state index in [1.807, 2.05) is 6.07 Å². The molecule has 0 aliphatic heterocycles. The second-order valence-electron chi connectivity index (χ2n) is 4.83. The van der Waals surface area contributed by atoms with Gasteiger partial charge in [-0.1, -0.05) is 18.2 Å². The molecular weight excluding hydrogens is 314 g/mol. The van der Waals surface area contributed by atoms with Crippen molar-refractivity contribution < 1.29 is 13.6 Å². The summed E-state index contributed by atoms with van der Waals surface area (Å²) < 4.78 is 26.6. The summed E-state index contributed by atoms with van der Waals surface area (Å²) in [6, 6.07) is 13.4. The van der Waals surface area contributed by atoms with Gasteiger partial charge in [0.1, 0.15) is 17.3 Å². The average Bonchev–Trinajstić information content (AvgIpc) is 2.59. The van der Waals surface area contributed by atoms with Crippen LogP contribution in [-0.4, -0.2) is 15.9 Å². The minimum absolute atomic E-state index is 0.0111. The zero-order valence-corrected chi connectivity index (χ0v) is 12.3. The number of hydrogen-bond donors (Lipinski definition) is 2. The third-order valence-electron chi connectivity index (χ3n) is 3.10. The van der Waals surface area contributed by atoms with Crippen molar-refractivity contribution in [3.05, 3.63) is 78.1 Å². The van der Waals surface area contributed by atoms with Crippen molar-refractivity contribution >= 4 is 23.2 Å². The molecule has 3 aromatic rings. The van der Waals surface area contributed by atoms with Crippen molar-refractivity contribution in [2.24, 2.45) is 0 Å². The number of carbonyl (C=O) groups is 1. The zero-order chi connectivity index (χ0) is 16.9. The maximum absolute atomic E-state index is 13.6. The number of carbonyl (C=O) groups excluding carboxylic acids is 1. The van der Waals surface area contributed by atoms with Crippen molar-refractivity contribution in [2.45, 2.75) is 0 Å². The largest absolute Gasteiger partial charge is 0.322 e. The number of amides is 1. The van der Waals surface area contributed by atoms with Crippen LogP contribution in [0, 0.1) is 11.6 Å². The Kier molecular flexibility index (Phi) is 4.42. The second kappa shape index (κ2) is 6.82. The Morgan fingerprint density at radius 1 is 1.00 bits per heavy atom. The van der Waals surface area contributed by atoms with Crippen LogP contribution in [0.15, 0.2) is 60.8 Å². The molecule has 0 atom stereocenters. The first-order valence-corrected chi connectivity index (χ1v) is 7.03. The summed E-state index contributed by atoms with van der Waals surface area (Å²) in [7, 11) is 0. The standard InChI is InChI=1S/C17H12F2N4O/c18-11-6-7-14(13(19)10-11)22-17-20-9-8-15(23-17)16(24)21-12-4-2-1-3-5-12/h1-10H,(H,21,24)(H,20,22,23). The first-order chi connectivity index (χ1) is 11.6. The Balaban J connectivity index is 1.77. The summed E-state index contributed by atoms with van der Waals surface area (Å²) in [5.74, 6) is -1.86. The van der Waals surface area contributed by atoms with E-state index in [0.29, 0.717) is 5.69 Å². The monoisotopic (exact) mass is 326 g/mol. The van der Waals surface area contributed by atoms with Gasteiger partial charge in [-0.15, -0.1) is 0 Å². The molecule has 24 heavy (non-hydrogen) atoms. The molecule has 1 amide bonds. The Morgan fingerprint density at radius 2 is 1.79 bits per heavy atom. The molecule has 0 aliphatic rings. The molecule has 2 N–H and O–H groups in total. The second-order valence-corrected chi connectivity index (χ2v) is 4.83. The maximum atomic E-state index is 13.6. The first kappa shape index (κ1) is 15.5. The molecule has 1 aromatic heterocycles. The SMILES string of the molecule is O=C(Nc1ccccc1)c1ccnc(Nc2ccc(F)cc2F)n1. The minimum Gasteiger partial charge on any atom is -0.322 e. The van der Waals surface area contributed by atoms with Gasteiger partial charge in [0.2, 0.25) is 5.95 Å². The van der Waals surface area contributed by atoms with Gasteiger partial charge in [0.15, 0.2) is 0 Å². The van der Waals surface area contributed by atoms with E-state index in [0.717, 1.165) is 12.1 Å². The predicted octanol–water partition coefficient (Wildman–Crippen LogP) is 3.75. The van der Waals surface area contributed by atoms with Gasteiger partial charge in [-0.25, -0.2) is 18.7 Å². The fourth-order valence-corrected chi connectivity index (χ4v) is 1.97. The normalized spacial score (nSPS) is 10.2. The Hall–Kier alpha value is -3.35. The molecule has 0 spiro atoms. The lowest BCUT2D eigenvalue weighted by atomic mass is 10.3. The molecule has 2 aromatic carbocycles. The molecule has 3 rings (SSSR count). The molecule has 0 fully saturated rings. The van der Waals surface area contributed by atoms with E-state index in [2.05, 4.69) is 20.6 Å². The summed E-state index contributed by atoms with van der Waals surface area (Å²) in [4.78, 5) is 20.1. The Bertz CT molecular complexity index is 871. The summed E-state index contributed by atoms with van der Waals surface area (Å²) in [5.41, 5.74) is 0.746. The van der Waals surface area contributed by atoms with Crippen LogP contribution in [0.5, 0.6) is 0 Å². The van der Waals surface area contributed by atoms with Crippen molar-refractivity contribution in [3.8, 4) is 0 Å². The van der Waals surface area contributed by atoms with Gasteiger partial charge in [-0.05, 0) is 30.3 Å². The first-order valence-electron chi connectivity index (χ1n) is 7.03. The van der Waals surface area contributed by atoms with Crippen LogP contribution in [0.4, 0.5) is 26.1 Å². The van der Waals surface area contributed by atoms with Crippen molar-refractivity contribution in [2.75, 3.05) is 10.6 Å². The molecule has 120 valence electrons. The maximum Gasteiger partial charge on any atom is 0.274 e. The van der Waals surface area contributed by atoms with Gasteiger partial charge < -0.3 is 10.6 Å². The quantitative estimate of drug-likeness (QED) is 0.766.